The topological polar surface area (TPSA) is 126 Å². The molecule has 4 aromatic rings. The fraction of sp³-hybridized carbons (Fsp3) is 0.231. The number of rotatable bonds is 8. The summed E-state index contributed by atoms with van der Waals surface area (Å²) in [6, 6.07) is 16.8. The number of fused-ring (bicyclic) bond motifs is 1. The average Bonchev–Trinajstić information content (AvgIpc) is 3.16. The summed E-state index contributed by atoms with van der Waals surface area (Å²) in [5, 5.41) is 22.8. The first-order valence-corrected chi connectivity index (χ1v) is 11.3. The minimum absolute atomic E-state index is 0.0278. The molecule has 35 heavy (non-hydrogen) atoms. The first kappa shape index (κ1) is 23.9. The predicted octanol–water partition coefficient (Wildman–Crippen LogP) is 4.90. The van der Waals surface area contributed by atoms with Crippen molar-refractivity contribution >= 4 is 34.3 Å². The standard InChI is InChI=1S/C26H30N6O3/c1-17-22(31-25(34)28-15-26(2,3)16-33)14-32-24(17)23(21(27)13-29-32)30-18-9-11-20(12-10-18)35-19-7-5-4-6-8-19/h4-14,30,33H,15-16,27H2,1-3H3,(H2,28,31,34). The maximum atomic E-state index is 12.4. The van der Waals surface area contributed by atoms with Gasteiger partial charge in [-0.2, -0.15) is 5.10 Å². The summed E-state index contributed by atoms with van der Waals surface area (Å²) in [5.41, 5.74) is 10.0. The van der Waals surface area contributed by atoms with Crippen molar-refractivity contribution in [1.29, 1.82) is 0 Å². The number of amides is 2. The molecule has 0 fully saturated rings. The number of hydrogen-bond donors (Lipinski definition) is 5. The third-order valence-corrected chi connectivity index (χ3v) is 5.59. The van der Waals surface area contributed by atoms with E-state index in [0.29, 0.717) is 23.6 Å². The first-order valence-electron chi connectivity index (χ1n) is 11.3. The van der Waals surface area contributed by atoms with Gasteiger partial charge < -0.3 is 31.5 Å². The van der Waals surface area contributed by atoms with E-state index in [1.165, 1.54) is 0 Å². The normalized spacial score (nSPS) is 11.3. The Balaban J connectivity index is 1.53. The van der Waals surface area contributed by atoms with Crippen LogP contribution in [0.2, 0.25) is 0 Å². The number of urea groups is 1. The quantitative estimate of drug-likeness (QED) is 0.247. The number of benzene rings is 2. The lowest BCUT2D eigenvalue weighted by molar-refractivity contribution is 0.158. The minimum Gasteiger partial charge on any atom is -0.457 e. The molecule has 9 nitrogen and oxygen atoms in total. The molecule has 2 heterocycles. The largest absolute Gasteiger partial charge is 0.457 e. The number of aromatic nitrogens is 2. The molecule has 0 aliphatic heterocycles. The summed E-state index contributed by atoms with van der Waals surface area (Å²) in [4.78, 5) is 12.4. The Morgan fingerprint density at radius 1 is 1.11 bits per heavy atom. The summed E-state index contributed by atoms with van der Waals surface area (Å²) < 4.78 is 7.53. The zero-order chi connectivity index (χ0) is 25.0. The number of aliphatic hydroxyl groups is 1. The molecule has 0 spiro atoms. The molecule has 0 radical (unpaired) electrons. The maximum absolute atomic E-state index is 12.4. The first-order chi connectivity index (χ1) is 16.8. The van der Waals surface area contributed by atoms with Gasteiger partial charge in [0.15, 0.2) is 0 Å². The number of nitrogens with two attached hydrogens (primary N) is 1. The van der Waals surface area contributed by atoms with Crippen molar-refractivity contribution in [2.75, 3.05) is 29.5 Å². The Labute approximate surface area is 203 Å². The molecule has 6 N–H and O–H groups in total. The SMILES string of the molecule is Cc1c(NC(=O)NCC(C)(C)CO)cn2ncc(N)c(Nc3ccc(Oc4ccccc4)cc3)c12. The van der Waals surface area contributed by atoms with E-state index in [9.17, 15) is 9.90 Å². The molecule has 0 aliphatic carbocycles. The number of para-hydroxylation sites is 1. The molecular formula is C26H30N6O3. The molecule has 0 saturated heterocycles. The third-order valence-electron chi connectivity index (χ3n) is 5.59. The predicted molar refractivity (Wildman–Crippen MR) is 138 cm³/mol. The van der Waals surface area contributed by atoms with E-state index in [1.807, 2.05) is 75.4 Å². The van der Waals surface area contributed by atoms with Crippen molar-refractivity contribution in [3.63, 3.8) is 0 Å². The van der Waals surface area contributed by atoms with E-state index in [0.717, 1.165) is 28.3 Å². The molecule has 2 amide bonds. The van der Waals surface area contributed by atoms with Gasteiger partial charge in [-0.05, 0) is 43.3 Å². The zero-order valence-electron chi connectivity index (χ0n) is 20.0. The number of anilines is 4. The van der Waals surface area contributed by atoms with Gasteiger partial charge in [0.05, 0.1) is 35.0 Å². The monoisotopic (exact) mass is 474 g/mol. The van der Waals surface area contributed by atoms with Crippen LogP contribution in [0, 0.1) is 12.3 Å². The maximum Gasteiger partial charge on any atom is 0.319 e. The number of nitrogens with zero attached hydrogens (tertiary/aromatic N) is 2. The molecular weight excluding hydrogens is 444 g/mol. The molecule has 0 unspecified atom stereocenters. The summed E-state index contributed by atoms with van der Waals surface area (Å²) in [5.74, 6) is 1.48. The van der Waals surface area contributed by atoms with Gasteiger partial charge in [-0.3, -0.25) is 0 Å². The second-order valence-corrected chi connectivity index (χ2v) is 9.13. The van der Waals surface area contributed by atoms with Gasteiger partial charge in [0.2, 0.25) is 0 Å². The number of nitrogen functional groups attached to an aromatic ring is 1. The number of ether oxygens (including phenoxy) is 1. The van der Waals surface area contributed by atoms with Gasteiger partial charge >= 0.3 is 6.03 Å². The smallest absolute Gasteiger partial charge is 0.319 e. The summed E-state index contributed by atoms with van der Waals surface area (Å²) in [7, 11) is 0. The lowest BCUT2D eigenvalue weighted by Gasteiger charge is -2.21. The van der Waals surface area contributed by atoms with Gasteiger partial charge in [0.25, 0.3) is 0 Å². The van der Waals surface area contributed by atoms with Crippen LogP contribution in [0.15, 0.2) is 67.0 Å². The van der Waals surface area contributed by atoms with Gasteiger partial charge in [-0.15, -0.1) is 0 Å². The fourth-order valence-corrected chi connectivity index (χ4v) is 3.48. The molecule has 9 heteroatoms. The summed E-state index contributed by atoms with van der Waals surface area (Å²) >= 11 is 0. The second kappa shape index (κ2) is 9.94. The van der Waals surface area contributed by atoms with Crippen molar-refractivity contribution < 1.29 is 14.6 Å². The number of aryl methyl sites for hydroxylation is 1. The van der Waals surface area contributed by atoms with E-state index in [2.05, 4.69) is 21.0 Å². The zero-order valence-corrected chi connectivity index (χ0v) is 20.0. The van der Waals surface area contributed by atoms with Crippen LogP contribution in [0.1, 0.15) is 19.4 Å². The molecule has 0 aliphatic rings. The Morgan fingerprint density at radius 2 is 1.80 bits per heavy atom. The van der Waals surface area contributed by atoms with E-state index in [1.54, 1.807) is 16.9 Å². The Bertz CT molecular complexity index is 1320. The van der Waals surface area contributed by atoms with Crippen LogP contribution in [0.5, 0.6) is 11.5 Å². The van der Waals surface area contributed by atoms with Crippen LogP contribution in [-0.2, 0) is 0 Å². The molecule has 0 atom stereocenters. The molecule has 0 bridgehead atoms. The third kappa shape index (κ3) is 5.64. The summed E-state index contributed by atoms with van der Waals surface area (Å²) in [6.45, 7) is 5.95. The van der Waals surface area contributed by atoms with Crippen molar-refractivity contribution in [3.8, 4) is 11.5 Å². The lowest BCUT2D eigenvalue weighted by Crippen LogP contribution is -2.38. The van der Waals surface area contributed by atoms with Crippen molar-refractivity contribution in [1.82, 2.24) is 14.9 Å². The van der Waals surface area contributed by atoms with Crippen molar-refractivity contribution in [3.05, 3.63) is 72.6 Å². The van der Waals surface area contributed by atoms with Gasteiger partial charge in [-0.25, -0.2) is 9.31 Å². The highest BCUT2D eigenvalue weighted by Gasteiger charge is 2.19. The number of carbonyl (C=O) groups is 1. The van der Waals surface area contributed by atoms with Crippen LogP contribution in [-0.4, -0.2) is 33.9 Å². The van der Waals surface area contributed by atoms with Crippen LogP contribution in [0.4, 0.5) is 27.5 Å². The van der Waals surface area contributed by atoms with E-state index >= 15 is 0 Å². The van der Waals surface area contributed by atoms with Crippen LogP contribution >= 0.6 is 0 Å². The molecule has 2 aromatic carbocycles. The highest BCUT2D eigenvalue weighted by atomic mass is 16.5. The van der Waals surface area contributed by atoms with Crippen LogP contribution in [0.3, 0.4) is 0 Å². The molecule has 4 rings (SSSR count). The highest BCUT2D eigenvalue weighted by molar-refractivity contribution is 5.96. The van der Waals surface area contributed by atoms with Crippen molar-refractivity contribution in [2.24, 2.45) is 5.41 Å². The molecule has 2 aromatic heterocycles. The Kier molecular flexibility index (Phi) is 6.79. The molecule has 0 saturated carbocycles. The number of aliphatic hydroxyl groups excluding tert-OH is 1. The lowest BCUT2D eigenvalue weighted by atomic mass is 9.95. The molecule has 182 valence electrons. The van der Waals surface area contributed by atoms with Gasteiger partial charge in [-0.1, -0.05) is 32.0 Å². The van der Waals surface area contributed by atoms with Crippen LogP contribution < -0.4 is 26.4 Å². The van der Waals surface area contributed by atoms with Crippen molar-refractivity contribution in [2.45, 2.75) is 20.8 Å². The number of nitrogens with one attached hydrogen (secondary N) is 3. The van der Waals surface area contributed by atoms with Crippen LogP contribution in [0.25, 0.3) is 5.52 Å². The van der Waals surface area contributed by atoms with E-state index < -0.39 is 5.41 Å². The Morgan fingerprint density at radius 3 is 2.49 bits per heavy atom. The number of carbonyl (C=O) groups excluding carboxylic acids is 1. The van der Waals surface area contributed by atoms with Gasteiger partial charge in [0, 0.05) is 29.8 Å². The fourth-order valence-electron chi connectivity index (χ4n) is 3.48. The average molecular weight is 475 g/mol. The second-order valence-electron chi connectivity index (χ2n) is 9.13. The van der Waals surface area contributed by atoms with E-state index in [-0.39, 0.29) is 12.6 Å². The minimum atomic E-state index is -0.410. The highest BCUT2D eigenvalue weighted by Crippen LogP contribution is 2.34. The van der Waals surface area contributed by atoms with Gasteiger partial charge in [0.1, 0.15) is 11.5 Å². The van der Waals surface area contributed by atoms with E-state index in [4.69, 9.17) is 10.5 Å². The Hall–Kier alpha value is -4.24. The summed E-state index contributed by atoms with van der Waals surface area (Å²) in [6.07, 6.45) is 3.30. The number of hydrogen-bond acceptors (Lipinski definition) is 6.